The number of carbonyl (C=O) groups is 2. The molecule has 1 N–H and O–H groups in total. The van der Waals surface area contributed by atoms with Crippen molar-refractivity contribution in [2.45, 2.75) is 33.2 Å². The predicted octanol–water partition coefficient (Wildman–Crippen LogP) is 2.95. The molecular formula is C21H28N4O3S. The quantitative estimate of drug-likeness (QED) is 0.730. The van der Waals surface area contributed by atoms with Gasteiger partial charge < -0.3 is 15.0 Å². The van der Waals surface area contributed by atoms with Crippen molar-refractivity contribution in [2.75, 3.05) is 43.5 Å². The molecule has 1 aliphatic rings. The molecule has 1 unspecified atom stereocenters. The molecule has 8 heteroatoms. The molecule has 1 aromatic heterocycles. The second-order valence-corrected chi connectivity index (χ2v) is 8.43. The summed E-state index contributed by atoms with van der Waals surface area (Å²) in [5.74, 6) is -0.355. The molecule has 2 aromatic rings. The largest absolute Gasteiger partial charge is 0.465 e. The van der Waals surface area contributed by atoms with Gasteiger partial charge in [0.15, 0.2) is 5.13 Å². The van der Waals surface area contributed by atoms with Crippen LogP contribution in [0.2, 0.25) is 0 Å². The zero-order valence-corrected chi connectivity index (χ0v) is 18.2. The van der Waals surface area contributed by atoms with E-state index in [1.54, 1.807) is 12.1 Å². The first-order valence-electron chi connectivity index (χ1n) is 9.84. The number of aromatic nitrogens is 1. The van der Waals surface area contributed by atoms with Crippen molar-refractivity contribution in [3.63, 3.8) is 0 Å². The number of rotatable bonds is 6. The van der Waals surface area contributed by atoms with Crippen LogP contribution in [0.15, 0.2) is 24.3 Å². The lowest BCUT2D eigenvalue weighted by Gasteiger charge is -2.40. The SMILES string of the molecule is CCc1nc(NC(=O)CN2CCN(c3ccc(C(=O)OC)cc3)CC2C)sc1C. The summed E-state index contributed by atoms with van der Waals surface area (Å²) in [6.45, 7) is 9.03. The molecule has 7 nitrogen and oxygen atoms in total. The van der Waals surface area contributed by atoms with Gasteiger partial charge in [-0.15, -0.1) is 11.3 Å². The van der Waals surface area contributed by atoms with Gasteiger partial charge >= 0.3 is 5.97 Å². The summed E-state index contributed by atoms with van der Waals surface area (Å²) in [6, 6.07) is 7.69. The van der Waals surface area contributed by atoms with Crippen LogP contribution in [0.4, 0.5) is 10.8 Å². The number of hydrogen-bond donors (Lipinski definition) is 1. The van der Waals surface area contributed by atoms with Gasteiger partial charge in [0.1, 0.15) is 0 Å². The number of anilines is 2. The molecule has 1 saturated heterocycles. The Kier molecular flexibility index (Phi) is 6.87. The lowest BCUT2D eigenvalue weighted by atomic mass is 10.1. The van der Waals surface area contributed by atoms with Gasteiger partial charge in [0.05, 0.1) is 24.9 Å². The fourth-order valence-corrected chi connectivity index (χ4v) is 4.46. The summed E-state index contributed by atoms with van der Waals surface area (Å²) in [5.41, 5.74) is 2.66. The van der Waals surface area contributed by atoms with Crippen molar-refractivity contribution in [2.24, 2.45) is 0 Å². The summed E-state index contributed by atoms with van der Waals surface area (Å²) in [6.07, 6.45) is 0.873. The van der Waals surface area contributed by atoms with E-state index < -0.39 is 0 Å². The highest BCUT2D eigenvalue weighted by molar-refractivity contribution is 7.15. The Labute approximate surface area is 175 Å². The number of nitrogens with one attached hydrogen (secondary N) is 1. The van der Waals surface area contributed by atoms with Crippen molar-refractivity contribution in [1.82, 2.24) is 9.88 Å². The van der Waals surface area contributed by atoms with Gasteiger partial charge in [-0.1, -0.05) is 6.92 Å². The highest BCUT2D eigenvalue weighted by Crippen LogP contribution is 2.23. The van der Waals surface area contributed by atoms with Crippen LogP contribution < -0.4 is 10.2 Å². The van der Waals surface area contributed by atoms with E-state index in [4.69, 9.17) is 4.74 Å². The van der Waals surface area contributed by atoms with Gasteiger partial charge in [0.25, 0.3) is 0 Å². The molecule has 0 spiro atoms. The molecule has 1 fully saturated rings. The number of carbonyl (C=O) groups excluding carboxylic acids is 2. The van der Waals surface area contributed by atoms with Crippen LogP contribution in [0.5, 0.6) is 0 Å². The first-order valence-corrected chi connectivity index (χ1v) is 10.7. The van der Waals surface area contributed by atoms with Crippen LogP contribution in [-0.2, 0) is 16.0 Å². The average molecular weight is 417 g/mol. The number of hydrogen-bond acceptors (Lipinski definition) is 7. The minimum Gasteiger partial charge on any atom is -0.465 e. The molecular weight excluding hydrogens is 388 g/mol. The van der Waals surface area contributed by atoms with Gasteiger partial charge in [0, 0.05) is 36.2 Å². The predicted molar refractivity (Wildman–Crippen MR) is 116 cm³/mol. The molecule has 156 valence electrons. The third-order valence-corrected chi connectivity index (χ3v) is 6.17. The maximum absolute atomic E-state index is 12.5. The van der Waals surface area contributed by atoms with Gasteiger partial charge in [-0.3, -0.25) is 9.69 Å². The molecule has 1 aromatic carbocycles. The van der Waals surface area contributed by atoms with E-state index in [1.165, 1.54) is 18.4 Å². The van der Waals surface area contributed by atoms with Gasteiger partial charge in [-0.25, -0.2) is 9.78 Å². The van der Waals surface area contributed by atoms with Crippen molar-refractivity contribution in [3.05, 3.63) is 40.4 Å². The number of methoxy groups -OCH3 is 1. The molecule has 29 heavy (non-hydrogen) atoms. The number of amides is 1. The van der Waals surface area contributed by atoms with Crippen molar-refractivity contribution >= 4 is 34.0 Å². The number of benzene rings is 1. The summed E-state index contributed by atoms with van der Waals surface area (Å²) < 4.78 is 4.75. The number of thiazole rings is 1. The summed E-state index contributed by atoms with van der Waals surface area (Å²) in [5, 5.41) is 3.62. The van der Waals surface area contributed by atoms with Crippen molar-refractivity contribution in [3.8, 4) is 0 Å². The van der Waals surface area contributed by atoms with E-state index in [2.05, 4.69) is 33.9 Å². The number of esters is 1. The van der Waals surface area contributed by atoms with Crippen LogP contribution in [0.3, 0.4) is 0 Å². The number of ether oxygens (including phenoxy) is 1. The first kappa shape index (κ1) is 21.3. The topological polar surface area (TPSA) is 74.8 Å². The van der Waals surface area contributed by atoms with Crippen LogP contribution >= 0.6 is 11.3 Å². The Balaban J connectivity index is 1.54. The van der Waals surface area contributed by atoms with Gasteiger partial charge in [-0.2, -0.15) is 0 Å². The van der Waals surface area contributed by atoms with Crippen molar-refractivity contribution < 1.29 is 14.3 Å². The Bertz CT molecular complexity index is 865. The normalized spacial score (nSPS) is 17.2. The van der Waals surface area contributed by atoms with E-state index >= 15 is 0 Å². The fourth-order valence-electron chi connectivity index (χ4n) is 3.54. The minimum absolute atomic E-state index is 0.0240. The molecule has 1 amide bonds. The Hall–Kier alpha value is -2.45. The minimum atomic E-state index is -0.331. The molecule has 1 aliphatic heterocycles. The molecule has 0 bridgehead atoms. The molecule has 0 aliphatic carbocycles. The maximum atomic E-state index is 12.5. The van der Waals surface area contributed by atoms with Crippen LogP contribution in [0.1, 0.15) is 34.8 Å². The van der Waals surface area contributed by atoms with E-state index in [9.17, 15) is 9.59 Å². The second kappa shape index (κ2) is 9.37. The lowest BCUT2D eigenvalue weighted by Crippen LogP contribution is -2.53. The molecule has 0 radical (unpaired) electrons. The third-order valence-electron chi connectivity index (χ3n) is 5.24. The standard InChI is InChI=1S/C21H28N4O3S/c1-5-18-15(3)29-21(22-18)23-19(26)13-24-10-11-25(12-14(24)2)17-8-6-16(7-9-17)20(27)28-4/h6-9,14H,5,10-13H2,1-4H3,(H,22,23,26). The lowest BCUT2D eigenvalue weighted by molar-refractivity contribution is -0.117. The Morgan fingerprint density at radius 1 is 1.28 bits per heavy atom. The second-order valence-electron chi connectivity index (χ2n) is 7.23. The third kappa shape index (κ3) is 5.13. The molecule has 3 rings (SSSR count). The number of nitrogens with zero attached hydrogens (tertiary/aromatic N) is 3. The van der Waals surface area contributed by atoms with Gasteiger partial charge in [-0.05, 0) is 44.5 Å². The van der Waals surface area contributed by atoms with Crippen LogP contribution in [0.25, 0.3) is 0 Å². The smallest absolute Gasteiger partial charge is 0.337 e. The zero-order chi connectivity index (χ0) is 21.0. The number of piperazine rings is 1. The fraction of sp³-hybridized carbons (Fsp3) is 0.476. The highest BCUT2D eigenvalue weighted by atomic mass is 32.1. The summed E-state index contributed by atoms with van der Waals surface area (Å²) >= 11 is 1.53. The zero-order valence-electron chi connectivity index (χ0n) is 17.4. The molecule has 0 saturated carbocycles. The average Bonchev–Trinajstić information content (AvgIpc) is 3.08. The van der Waals surface area contributed by atoms with Crippen molar-refractivity contribution in [1.29, 1.82) is 0 Å². The highest BCUT2D eigenvalue weighted by Gasteiger charge is 2.26. The van der Waals surface area contributed by atoms with Crippen LogP contribution in [-0.4, -0.2) is 61.1 Å². The van der Waals surface area contributed by atoms with Crippen LogP contribution in [0, 0.1) is 6.92 Å². The Morgan fingerprint density at radius 3 is 2.59 bits per heavy atom. The monoisotopic (exact) mass is 416 g/mol. The van der Waals surface area contributed by atoms with E-state index in [0.29, 0.717) is 17.2 Å². The van der Waals surface area contributed by atoms with Gasteiger partial charge in [0.2, 0.25) is 5.91 Å². The number of aryl methyl sites for hydroxylation is 2. The Morgan fingerprint density at radius 2 is 2.00 bits per heavy atom. The maximum Gasteiger partial charge on any atom is 0.337 e. The van der Waals surface area contributed by atoms with E-state index in [-0.39, 0.29) is 17.9 Å². The first-order chi connectivity index (χ1) is 13.9. The molecule has 1 atom stereocenters. The molecule has 2 heterocycles. The summed E-state index contributed by atoms with van der Waals surface area (Å²) in [4.78, 5) is 34.2. The van der Waals surface area contributed by atoms with E-state index in [1.807, 2.05) is 19.1 Å². The summed E-state index contributed by atoms with van der Waals surface area (Å²) in [7, 11) is 1.38. The van der Waals surface area contributed by atoms with E-state index in [0.717, 1.165) is 42.3 Å².